The van der Waals surface area contributed by atoms with Gasteiger partial charge in [0.05, 0.1) is 11.7 Å². The van der Waals surface area contributed by atoms with Crippen molar-refractivity contribution in [3.8, 4) is 0 Å². The molecule has 1 saturated carbocycles. The van der Waals surface area contributed by atoms with Gasteiger partial charge in [0.15, 0.2) is 0 Å². The Kier molecular flexibility index (Phi) is 1.50. The van der Waals surface area contributed by atoms with Crippen LogP contribution in [0.15, 0.2) is 34.9 Å². The van der Waals surface area contributed by atoms with Gasteiger partial charge in [-0.1, -0.05) is 17.7 Å². The minimum absolute atomic E-state index is 0.330. The molecule has 1 N–H and O–H groups in total. The molecule has 14 heavy (non-hydrogen) atoms. The van der Waals surface area contributed by atoms with E-state index in [9.17, 15) is 4.79 Å². The Hall–Kier alpha value is -1.29. The topological polar surface area (TPSA) is 46.5 Å². The van der Waals surface area contributed by atoms with Crippen LogP contribution in [-0.2, 0) is 9.45 Å². The lowest BCUT2D eigenvalue weighted by Gasteiger charge is -2.25. The van der Waals surface area contributed by atoms with E-state index in [2.05, 4.69) is 0 Å². The van der Waals surface area contributed by atoms with Gasteiger partial charge in [-0.3, -0.25) is 0 Å². The summed E-state index contributed by atoms with van der Waals surface area (Å²) in [4.78, 5) is 10.9. The zero-order valence-electron chi connectivity index (χ0n) is 7.43. The van der Waals surface area contributed by atoms with E-state index in [0.29, 0.717) is 11.4 Å². The molecule has 1 aliphatic heterocycles. The molecule has 3 aliphatic rings. The summed E-state index contributed by atoms with van der Waals surface area (Å²) in [6, 6.07) is 0. The predicted octanol–water partition coefficient (Wildman–Crippen LogP) is 1.07. The van der Waals surface area contributed by atoms with Gasteiger partial charge in [-0.15, -0.1) is 0 Å². The number of carboxylic acid groups (broad SMARTS) is 1. The van der Waals surface area contributed by atoms with E-state index >= 15 is 0 Å². The summed E-state index contributed by atoms with van der Waals surface area (Å²) in [5.74, 6) is -0.455. The van der Waals surface area contributed by atoms with Gasteiger partial charge in [0.2, 0.25) is 0 Å². The number of rotatable bonds is 1. The molecule has 3 rings (SSSR count). The van der Waals surface area contributed by atoms with E-state index in [0.717, 1.165) is 12.0 Å². The summed E-state index contributed by atoms with van der Waals surface area (Å²) < 4.78 is 5.43. The fourth-order valence-electron chi connectivity index (χ4n) is 2.02. The molecule has 1 heterocycles. The Morgan fingerprint density at radius 1 is 1.64 bits per heavy atom. The molecule has 3 nitrogen and oxygen atoms in total. The second-order valence-corrected chi connectivity index (χ2v) is 3.73. The average Bonchev–Trinajstić information content (AvgIpc) is 2.95. The van der Waals surface area contributed by atoms with Gasteiger partial charge in [-0.2, -0.15) is 0 Å². The van der Waals surface area contributed by atoms with Crippen LogP contribution in [0.25, 0.3) is 0 Å². The number of aliphatic carboxylic acids is 1. The first-order chi connectivity index (χ1) is 6.77. The molecule has 2 unspecified atom stereocenters. The molecule has 0 spiro atoms. The lowest BCUT2D eigenvalue weighted by Crippen LogP contribution is -2.28. The third-order valence-electron chi connectivity index (χ3n) is 2.84. The smallest absolute Gasteiger partial charge is 0.334 e. The number of carbonyl (C=O) groups is 1. The Balaban J connectivity index is 2.05. The van der Waals surface area contributed by atoms with Crippen LogP contribution < -0.4 is 0 Å². The van der Waals surface area contributed by atoms with Crippen molar-refractivity contribution < 1.29 is 14.6 Å². The second-order valence-electron chi connectivity index (χ2n) is 3.73. The van der Waals surface area contributed by atoms with Gasteiger partial charge >= 0.3 is 13.5 Å². The summed E-state index contributed by atoms with van der Waals surface area (Å²) in [6.07, 6.45) is 6.01. The quantitative estimate of drug-likeness (QED) is 0.624. The van der Waals surface area contributed by atoms with Crippen LogP contribution in [0.2, 0.25) is 5.82 Å². The number of hydrogen-bond acceptors (Lipinski definition) is 2. The minimum atomic E-state index is -0.898. The van der Waals surface area contributed by atoms with Crippen molar-refractivity contribution in [3.63, 3.8) is 0 Å². The maximum absolute atomic E-state index is 10.9. The third kappa shape index (κ3) is 1.01. The summed E-state index contributed by atoms with van der Waals surface area (Å²) >= 11 is 0. The number of carboxylic acids is 1. The van der Waals surface area contributed by atoms with Gasteiger partial charge in [0.1, 0.15) is 0 Å². The van der Waals surface area contributed by atoms with E-state index in [1.807, 2.05) is 6.08 Å². The highest BCUT2D eigenvalue weighted by atomic mass is 16.4. The van der Waals surface area contributed by atoms with Crippen LogP contribution in [0.3, 0.4) is 0 Å². The molecule has 1 fully saturated rings. The minimum Gasteiger partial charge on any atom is -0.478 e. The van der Waals surface area contributed by atoms with Crippen LogP contribution in [0.1, 0.15) is 6.42 Å². The fourth-order valence-corrected chi connectivity index (χ4v) is 2.02. The lowest BCUT2D eigenvalue weighted by atomic mass is 9.83. The van der Waals surface area contributed by atoms with Gasteiger partial charge in [-0.25, -0.2) is 4.79 Å². The molecule has 4 heteroatoms. The first-order valence-corrected chi connectivity index (χ1v) is 4.60. The molecule has 2 aliphatic carbocycles. The summed E-state index contributed by atoms with van der Waals surface area (Å²) in [5, 5.41) is 8.96. The van der Waals surface area contributed by atoms with E-state index in [1.165, 1.54) is 5.57 Å². The molecule has 2 atom stereocenters. The SMILES string of the molecule is O=C(O)C1=CC=CC2=C3CC3[B]OC12. The monoisotopic (exact) mass is 187 g/mol. The summed E-state index contributed by atoms with van der Waals surface area (Å²) in [5.41, 5.74) is 2.72. The van der Waals surface area contributed by atoms with Crippen molar-refractivity contribution in [2.24, 2.45) is 0 Å². The predicted molar refractivity (Wildman–Crippen MR) is 50.9 cm³/mol. The molecular weight excluding hydrogens is 179 g/mol. The maximum atomic E-state index is 10.9. The summed E-state index contributed by atoms with van der Waals surface area (Å²) in [7, 11) is 1.76. The van der Waals surface area contributed by atoms with Crippen LogP contribution in [0, 0.1) is 0 Å². The zero-order valence-corrected chi connectivity index (χ0v) is 7.43. The number of allylic oxidation sites excluding steroid dienone is 3. The van der Waals surface area contributed by atoms with Gasteiger partial charge in [0, 0.05) is 0 Å². The number of fused-ring (bicyclic) bond motifs is 2. The summed E-state index contributed by atoms with van der Waals surface area (Å²) in [6.45, 7) is 0. The van der Waals surface area contributed by atoms with Crippen LogP contribution in [0.4, 0.5) is 0 Å². The first-order valence-electron chi connectivity index (χ1n) is 4.60. The van der Waals surface area contributed by atoms with Crippen molar-refractivity contribution in [1.82, 2.24) is 0 Å². The van der Waals surface area contributed by atoms with Crippen LogP contribution in [-0.4, -0.2) is 24.7 Å². The third-order valence-corrected chi connectivity index (χ3v) is 2.84. The van der Waals surface area contributed by atoms with Crippen molar-refractivity contribution in [1.29, 1.82) is 0 Å². The maximum Gasteiger partial charge on any atom is 0.334 e. The van der Waals surface area contributed by atoms with Gasteiger partial charge < -0.3 is 9.76 Å². The second kappa shape index (κ2) is 2.61. The highest BCUT2D eigenvalue weighted by Crippen LogP contribution is 2.51. The number of hydrogen-bond donors (Lipinski definition) is 1. The molecule has 1 radical (unpaired) electrons. The molecular formula is C10H8BO3. The van der Waals surface area contributed by atoms with Crippen LogP contribution in [0.5, 0.6) is 0 Å². The standard InChI is InChI=1S/C10H8BO3/c12-10(13)6-3-1-2-5-7-4-8(7)11-14-9(5)6/h1-3,8-9H,4H2,(H,12,13). The lowest BCUT2D eigenvalue weighted by molar-refractivity contribution is -0.133. The van der Waals surface area contributed by atoms with Gasteiger partial charge in [0.25, 0.3) is 0 Å². The van der Waals surface area contributed by atoms with E-state index in [4.69, 9.17) is 9.76 Å². The Bertz CT molecular complexity index is 406. The van der Waals surface area contributed by atoms with Crippen LogP contribution >= 0.6 is 0 Å². The van der Waals surface area contributed by atoms with E-state index in [1.54, 1.807) is 19.6 Å². The first kappa shape index (κ1) is 8.06. The highest BCUT2D eigenvalue weighted by Gasteiger charge is 2.43. The average molecular weight is 187 g/mol. The molecule has 0 bridgehead atoms. The molecule has 0 aromatic heterocycles. The fraction of sp³-hybridized carbons (Fsp3) is 0.300. The molecule has 0 amide bonds. The highest BCUT2D eigenvalue weighted by molar-refractivity contribution is 6.34. The van der Waals surface area contributed by atoms with Crippen molar-refractivity contribution in [2.45, 2.75) is 18.3 Å². The Labute approximate surface area is 82.0 Å². The van der Waals surface area contributed by atoms with Crippen molar-refractivity contribution >= 4 is 13.5 Å². The van der Waals surface area contributed by atoms with E-state index < -0.39 is 5.97 Å². The molecule has 0 saturated heterocycles. The molecule has 0 aromatic rings. The normalized spacial score (nSPS) is 32.7. The van der Waals surface area contributed by atoms with Crippen molar-refractivity contribution in [3.05, 3.63) is 34.9 Å². The Morgan fingerprint density at radius 2 is 2.50 bits per heavy atom. The van der Waals surface area contributed by atoms with E-state index in [-0.39, 0.29) is 6.10 Å². The molecule has 69 valence electrons. The zero-order chi connectivity index (χ0) is 9.71. The van der Waals surface area contributed by atoms with Gasteiger partial charge in [-0.05, 0) is 23.9 Å². The van der Waals surface area contributed by atoms with Crippen molar-refractivity contribution in [2.75, 3.05) is 0 Å². The largest absolute Gasteiger partial charge is 0.478 e. The molecule has 0 aromatic carbocycles. The Morgan fingerprint density at radius 3 is 3.29 bits per heavy atom.